The van der Waals surface area contributed by atoms with Crippen LogP contribution in [-0.4, -0.2) is 15.0 Å². The van der Waals surface area contributed by atoms with Crippen molar-refractivity contribution in [2.75, 3.05) is 0 Å². The first kappa shape index (κ1) is 11.0. The van der Waals surface area contributed by atoms with Gasteiger partial charge >= 0.3 is 0 Å². The van der Waals surface area contributed by atoms with E-state index in [1.54, 1.807) is 4.68 Å². The molecule has 0 aliphatic rings. The van der Waals surface area contributed by atoms with Gasteiger partial charge in [-0.05, 0) is 17.7 Å². The summed E-state index contributed by atoms with van der Waals surface area (Å²) < 4.78 is 7.19. The molecule has 0 aliphatic heterocycles. The van der Waals surface area contributed by atoms with Crippen LogP contribution >= 0.6 is 11.6 Å². The van der Waals surface area contributed by atoms with Crippen molar-refractivity contribution >= 4 is 11.6 Å². The molecule has 1 aromatic heterocycles. The van der Waals surface area contributed by atoms with Gasteiger partial charge in [0.2, 0.25) is 0 Å². The van der Waals surface area contributed by atoms with Crippen LogP contribution < -0.4 is 4.74 Å². The predicted octanol–water partition coefficient (Wildman–Crippen LogP) is 2.13. The third-order valence-corrected chi connectivity index (χ3v) is 2.42. The van der Waals surface area contributed by atoms with Gasteiger partial charge in [-0.3, -0.25) is 4.68 Å². The second-order valence-corrected chi connectivity index (χ2v) is 3.72. The average Bonchev–Trinajstić information content (AvgIpc) is 2.73. The Morgan fingerprint density at radius 2 is 2.06 bits per heavy atom. The van der Waals surface area contributed by atoms with Crippen molar-refractivity contribution < 1.29 is 4.74 Å². The summed E-state index contributed by atoms with van der Waals surface area (Å²) in [5.41, 5.74) is 1.89. The minimum absolute atomic E-state index is 0.425. The van der Waals surface area contributed by atoms with Gasteiger partial charge in [-0.15, -0.1) is 16.7 Å². The zero-order chi connectivity index (χ0) is 11.4. The van der Waals surface area contributed by atoms with E-state index in [-0.39, 0.29) is 0 Å². The van der Waals surface area contributed by atoms with Gasteiger partial charge in [0, 0.05) is 12.9 Å². The molecule has 0 unspecified atom stereocenters. The Labute approximate surface area is 98.8 Å². The third-order valence-electron chi connectivity index (χ3n) is 2.11. The van der Waals surface area contributed by atoms with Gasteiger partial charge in [-0.2, -0.15) is 0 Å². The number of aryl methyl sites for hydroxylation is 1. The summed E-state index contributed by atoms with van der Waals surface area (Å²) in [6.07, 6.45) is 1.83. The molecule has 0 aliphatic carbocycles. The molecule has 1 aromatic carbocycles. The number of alkyl halides is 1. The van der Waals surface area contributed by atoms with Crippen molar-refractivity contribution in [2.24, 2.45) is 7.05 Å². The Morgan fingerprint density at radius 1 is 1.31 bits per heavy atom. The molecule has 0 spiro atoms. The smallest absolute Gasteiger partial charge is 0.134 e. The fourth-order valence-electron chi connectivity index (χ4n) is 1.29. The SMILES string of the molecule is Cn1cc(COc2ccc(CCl)cc2)nn1. The van der Waals surface area contributed by atoms with Crippen LogP contribution in [0.25, 0.3) is 0 Å². The largest absolute Gasteiger partial charge is 0.487 e. The van der Waals surface area contributed by atoms with E-state index in [9.17, 15) is 0 Å². The van der Waals surface area contributed by atoms with Crippen LogP contribution in [-0.2, 0) is 19.5 Å². The summed E-state index contributed by atoms with van der Waals surface area (Å²) >= 11 is 5.69. The van der Waals surface area contributed by atoms with Crippen LogP contribution in [0, 0.1) is 0 Å². The molecule has 0 N–H and O–H groups in total. The lowest BCUT2D eigenvalue weighted by atomic mass is 10.2. The first-order valence-corrected chi connectivity index (χ1v) is 5.44. The van der Waals surface area contributed by atoms with Crippen molar-refractivity contribution in [3.8, 4) is 5.75 Å². The second-order valence-electron chi connectivity index (χ2n) is 3.45. The van der Waals surface area contributed by atoms with Crippen LogP contribution in [0.3, 0.4) is 0 Å². The van der Waals surface area contributed by atoms with Gasteiger partial charge in [0.1, 0.15) is 18.1 Å². The van der Waals surface area contributed by atoms with Gasteiger partial charge < -0.3 is 4.74 Å². The van der Waals surface area contributed by atoms with Crippen molar-refractivity contribution in [3.63, 3.8) is 0 Å². The van der Waals surface area contributed by atoms with E-state index in [4.69, 9.17) is 16.3 Å². The third kappa shape index (κ3) is 2.73. The van der Waals surface area contributed by atoms with Crippen molar-refractivity contribution in [3.05, 3.63) is 41.7 Å². The molecule has 4 nitrogen and oxygen atoms in total. The number of hydrogen-bond donors (Lipinski definition) is 0. The van der Waals surface area contributed by atoms with E-state index in [1.807, 2.05) is 37.5 Å². The highest BCUT2D eigenvalue weighted by Crippen LogP contribution is 2.14. The normalized spacial score (nSPS) is 10.4. The molecular weight excluding hydrogens is 226 g/mol. The Kier molecular flexibility index (Phi) is 3.41. The van der Waals surface area contributed by atoms with Gasteiger partial charge in [0.05, 0.1) is 6.20 Å². The molecule has 2 rings (SSSR count). The number of benzene rings is 1. The lowest BCUT2D eigenvalue weighted by molar-refractivity contribution is 0.301. The van der Waals surface area contributed by atoms with Crippen molar-refractivity contribution in [2.45, 2.75) is 12.5 Å². The maximum Gasteiger partial charge on any atom is 0.134 e. The molecule has 16 heavy (non-hydrogen) atoms. The van der Waals surface area contributed by atoms with Crippen LogP contribution in [0.2, 0.25) is 0 Å². The second kappa shape index (κ2) is 4.99. The van der Waals surface area contributed by atoms with Crippen LogP contribution in [0.15, 0.2) is 30.5 Å². The monoisotopic (exact) mass is 237 g/mol. The van der Waals surface area contributed by atoms with Crippen LogP contribution in [0.1, 0.15) is 11.3 Å². The molecule has 2 aromatic rings. The zero-order valence-corrected chi connectivity index (χ0v) is 9.68. The molecule has 0 saturated carbocycles. The minimum Gasteiger partial charge on any atom is -0.487 e. The molecule has 0 saturated heterocycles. The number of rotatable bonds is 4. The lowest BCUT2D eigenvalue weighted by Crippen LogP contribution is -1.95. The Morgan fingerprint density at radius 3 is 2.62 bits per heavy atom. The fraction of sp³-hybridized carbons (Fsp3) is 0.273. The molecule has 0 bridgehead atoms. The minimum atomic E-state index is 0.425. The Bertz CT molecular complexity index is 453. The molecule has 0 amide bonds. The lowest BCUT2D eigenvalue weighted by Gasteiger charge is -2.03. The number of hydrogen-bond acceptors (Lipinski definition) is 3. The van der Waals surface area contributed by atoms with Gasteiger partial charge in [0.25, 0.3) is 0 Å². The topological polar surface area (TPSA) is 39.9 Å². The van der Waals surface area contributed by atoms with E-state index in [0.29, 0.717) is 12.5 Å². The highest BCUT2D eigenvalue weighted by Gasteiger charge is 1.99. The van der Waals surface area contributed by atoms with Crippen LogP contribution in [0.5, 0.6) is 5.75 Å². The highest BCUT2D eigenvalue weighted by molar-refractivity contribution is 6.17. The Balaban J connectivity index is 1.94. The molecular formula is C11H12ClN3O. The van der Waals surface area contributed by atoms with E-state index < -0.39 is 0 Å². The summed E-state index contributed by atoms with van der Waals surface area (Å²) in [6.45, 7) is 0.425. The quantitative estimate of drug-likeness (QED) is 0.765. The summed E-state index contributed by atoms with van der Waals surface area (Å²) in [6, 6.07) is 7.68. The van der Waals surface area contributed by atoms with Gasteiger partial charge in [-0.1, -0.05) is 17.3 Å². The van der Waals surface area contributed by atoms with Crippen molar-refractivity contribution in [1.29, 1.82) is 0 Å². The maximum absolute atomic E-state index is 5.69. The first-order chi connectivity index (χ1) is 7.78. The number of nitrogens with zero attached hydrogens (tertiary/aromatic N) is 3. The maximum atomic E-state index is 5.69. The molecule has 0 fully saturated rings. The number of halogens is 1. The predicted molar refractivity (Wildman–Crippen MR) is 61.3 cm³/mol. The number of ether oxygens (including phenoxy) is 1. The van der Waals surface area contributed by atoms with Gasteiger partial charge in [0.15, 0.2) is 0 Å². The molecule has 0 atom stereocenters. The van der Waals surface area contributed by atoms with Crippen molar-refractivity contribution in [1.82, 2.24) is 15.0 Å². The van der Waals surface area contributed by atoms with Crippen LogP contribution in [0.4, 0.5) is 0 Å². The Hall–Kier alpha value is -1.55. The number of aromatic nitrogens is 3. The fourth-order valence-corrected chi connectivity index (χ4v) is 1.47. The summed E-state index contributed by atoms with van der Waals surface area (Å²) in [5.74, 6) is 1.32. The standard InChI is InChI=1S/C11H12ClN3O/c1-15-7-10(13-14-15)8-16-11-4-2-9(6-12)3-5-11/h2-5,7H,6,8H2,1H3. The van der Waals surface area contributed by atoms with Gasteiger partial charge in [-0.25, -0.2) is 0 Å². The van der Waals surface area contributed by atoms with E-state index in [2.05, 4.69) is 10.3 Å². The molecule has 5 heteroatoms. The first-order valence-electron chi connectivity index (χ1n) is 4.91. The summed E-state index contributed by atoms with van der Waals surface area (Å²) in [7, 11) is 1.83. The highest BCUT2D eigenvalue weighted by atomic mass is 35.5. The van der Waals surface area contributed by atoms with E-state index in [0.717, 1.165) is 17.0 Å². The average molecular weight is 238 g/mol. The van der Waals surface area contributed by atoms with E-state index in [1.165, 1.54) is 0 Å². The molecule has 0 radical (unpaired) electrons. The summed E-state index contributed by atoms with van der Waals surface area (Å²) in [5, 5.41) is 7.76. The zero-order valence-electron chi connectivity index (χ0n) is 8.93. The molecule has 1 heterocycles. The van der Waals surface area contributed by atoms with E-state index >= 15 is 0 Å². The summed E-state index contributed by atoms with van der Waals surface area (Å²) in [4.78, 5) is 0. The molecule has 84 valence electrons.